The van der Waals surface area contributed by atoms with Crippen LogP contribution in [-0.4, -0.2) is 38.6 Å². The highest BCUT2D eigenvalue weighted by molar-refractivity contribution is 7.92. The zero-order chi connectivity index (χ0) is 24.7. The number of nitrogens with one attached hydrogen (secondary N) is 1. The number of carbonyl (C=O) groups excluding carboxylic acids is 1. The van der Waals surface area contributed by atoms with Gasteiger partial charge in [0.25, 0.3) is 5.91 Å². The molecule has 0 spiro atoms. The number of rotatable bonds is 9. The van der Waals surface area contributed by atoms with Crippen LogP contribution in [0.3, 0.4) is 0 Å². The number of carbonyl (C=O) groups is 1. The Morgan fingerprint density at radius 3 is 2.14 bits per heavy atom. The van der Waals surface area contributed by atoms with Crippen LogP contribution < -0.4 is 9.62 Å². The summed E-state index contributed by atoms with van der Waals surface area (Å²) in [6.07, 6.45) is 5.03. The van der Waals surface area contributed by atoms with Crippen molar-refractivity contribution in [3.63, 3.8) is 0 Å². The third-order valence-electron chi connectivity index (χ3n) is 6.32. The Bertz CT molecular complexity index is 1220. The highest BCUT2D eigenvalue weighted by Crippen LogP contribution is 2.25. The molecule has 0 saturated carbocycles. The van der Waals surface area contributed by atoms with Crippen LogP contribution in [0.4, 0.5) is 5.69 Å². The molecular formula is C28H33N3O3S. The third-order valence-corrected chi connectivity index (χ3v) is 7.44. The lowest BCUT2D eigenvalue weighted by Gasteiger charge is -2.26. The molecule has 6 nitrogen and oxygen atoms in total. The maximum atomic E-state index is 13.1. The van der Waals surface area contributed by atoms with E-state index in [-0.39, 0.29) is 12.5 Å². The summed E-state index contributed by atoms with van der Waals surface area (Å²) in [5.74, 6) is -0.306. The molecule has 0 radical (unpaired) electrons. The second-order valence-corrected chi connectivity index (χ2v) is 11.0. The topological polar surface area (TPSA) is 69.7 Å². The van der Waals surface area contributed by atoms with Crippen molar-refractivity contribution in [2.24, 2.45) is 0 Å². The molecule has 3 aromatic carbocycles. The minimum atomic E-state index is -3.61. The summed E-state index contributed by atoms with van der Waals surface area (Å²) in [6.45, 7) is 3.80. The van der Waals surface area contributed by atoms with Gasteiger partial charge in [-0.2, -0.15) is 0 Å². The minimum Gasteiger partial charge on any atom is -0.348 e. The maximum absolute atomic E-state index is 13.1. The van der Waals surface area contributed by atoms with E-state index < -0.39 is 10.0 Å². The van der Waals surface area contributed by atoms with Gasteiger partial charge in [-0.1, -0.05) is 73.2 Å². The standard InChI is InChI=1S/C28H33N3O3S/c1-35(33,34)31(22-24-10-4-2-5-11-24)27-13-7-6-12-26(27)28(32)29-20-23-14-16-25(17-15-23)21-30-18-8-3-9-19-30/h2,4-7,10-17H,3,8-9,18-22H2,1H3,(H,29,32). The second-order valence-electron chi connectivity index (χ2n) is 9.11. The van der Waals surface area contributed by atoms with E-state index >= 15 is 0 Å². The van der Waals surface area contributed by atoms with Gasteiger partial charge in [0.05, 0.1) is 24.1 Å². The van der Waals surface area contributed by atoms with Crippen molar-refractivity contribution < 1.29 is 13.2 Å². The minimum absolute atomic E-state index is 0.155. The number of amides is 1. The van der Waals surface area contributed by atoms with Crippen LogP contribution in [0.1, 0.15) is 46.3 Å². The molecule has 1 aliphatic rings. The van der Waals surface area contributed by atoms with Gasteiger partial charge in [-0.3, -0.25) is 14.0 Å². The molecular weight excluding hydrogens is 458 g/mol. The van der Waals surface area contributed by atoms with Crippen molar-refractivity contribution >= 4 is 21.6 Å². The number of nitrogens with zero attached hydrogens (tertiary/aromatic N) is 2. The van der Waals surface area contributed by atoms with Crippen molar-refractivity contribution in [3.05, 3.63) is 101 Å². The summed E-state index contributed by atoms with van der Waals surface area (Å²) in [6, 6.07) is 24.5. The molecule has 0 atom stereocenters. The molecule has 0 aliphatic carbocycles. The molecule has 1 heterocycles. The molecule has 1 saturated heterocycles. The molecule has 184 valence electrons. The fraction of sp³-hybridized carbons (Fsp3) is 0.321. The number of sulfonamides is 1. The van der Waals surface area contributed by atoms with Gasteiger partial charge in [0.2, 0.25) is 10.0 Å². The first kappa shape index (κ1) is 24.9. The van der Waals surface area contributed by atoms with Crippen molar-refractivity contribution in [2.45, 2.75) is 38.9 Å². The Balaban J connectivity index is 1.44. The average molecular weight is 492 g/mol. The van der Waals surface area contributed by atoms with E-state index in [9.17, 15) is 13.2 Å². The molecule has 4 rings (SSSR count). The van der Waals surface area contributed by atoms with Gasteiger partial charge >= 0.3 is 0 Å². The molecule has 1 aliphatic heterocycles. The summed E-state index contributed by atoms with van der Waals surface area (Å²) in [7, 11) is -3.61. The summed E-state index contributed by atoms with van der Waals surface area (Å²) in [4.78, 5) is 15.6. The smallest absolute Gasteiger partial charge is 0.253 e. The molecule has 0 unspecified atom stereocenters. The summed E-state index contributed by atoms with van der Waals surface area (Å²) in [5.41, 5.74) is 3.82. The molecule has 0 bridgehead atoms. The number of hydrogen-bond acceptors (Lipinski definition) is 4. The first-order valence-corrected chi connectivity index (χ1v) is 13.9. The Morgan fingerprint density at radius 2 is 1.46 bits per heavy atom. The number of hydrogen-bond donors (Lipinski definition) is 1. The van der Waals surface area contributed by atoms with E-state index in [1.807, 2.05) is 42.5 Å². The van der Waals surface area contributed by atoms with E-state index in [4.69, 9.17) is 0 Å². The Hall–Kier alpha value is -3.16. The SMILES string of the molecule is CS(=O)(=O)N(Cc1ccccc1)c1ccccc1C(=O)NCc1ccc(CN2CCCCC2)cc1. The fourth-order valence-electron chi connectivity index (χ4n) is 4.43. The van der Waals surface area contributed by atoms with Crippen LogP contribution in [0, 0.1) is 0 Å². The number of benzene rings is 3. The van der Waals surface area contributed by atoms with Crippen LogP contribution in [-0.2, 0) is 29.7 Å². The van der Waals surface area contributed by atoms with E-state index in [0.29, 0.717) is 17.8 Å². The third kappa shape index (κ3) is 6.93. The summed E-state index contributed by atoms with van der Waals surface area (Å²) >= 11 is 0. The van der Waals surface area contributed by atoms with Crippen LogP contribution in [0.2, 0.25) is 0 Å². The maximum Gasteiger partial charge on any atom is 0.253 e. The normalized spacial score (nSPS) is 14.4. The van der Waals surface area contributed by atoms with Crippen molar-refractivity contribution in [1.82, 2.24) is 10.2 Å². The van der Waals surface area contributed by atoms with Crippen molar-refractivity contribution in [3.8, 4) is 0 Å². The molecule has 1 amide bonds. The Kier molecular flexibility index (Phi) is 8.21. The average Bonchev–Trinajstić information content (AvgIpc) is 2.87. The Morgan fingerprint density at radius 1 is 0.829 bits per heavy atom. The van der Waals surface area contributed by atoms with Gasteiger partial charge in [-0.25, -0.2) is 8.42 Å². The number of para-hydroxylation sites is 1. The first-order valence-electron chi connectivity index (χ1n) is 12.1. The monoisotopic (exact) mass is 491 g/mol. The summed E-state index contributed by atoms with van der Waals surface area (Å²) < 4.78 is 26.6. The van der Waals surface area contributed by atoms with Gasteiger partial charge < -0.3 is 5.32 Å². The van der Waals surface area contributed by atoms with Crippen LogP contribution in [0.15, 0.2) is 78.9 Å². The lowest BCUT2D eigenvalue weighted by molar-refractivity contribution is 0.0951. The molecule has 1 fully saturated rings. The molecule has 1 N–H and O–H groups in total. The molecule has 35 heavy (non-hydrogen) atoms. The molecule has 0 aromatic heterocycles. The van der Waals surface area contributed by atoms with E-state index in [1.54, 1.807) is 24.3 Å². The van der Waals surface area contributed by atoms with Crippen LogP contribution in [0.25, 0.3) is 0 Å². The zero-order valence-corrected chi connectivity index (χ0v) is 21.0. The van der Waals surface area contributed by atoms with Crippen molar-refractivity contribution in [1.29, 1.82) is 0 Å². The largest absolute Gasteiger partial charge is 0.348 e. The second kappa shape index (κ2) is 11.5. The quantitative estimate of drug-likeness (QED) is 0.476. The number of likely N-dealkylation sites (tertiary alicyclic amines) is 1. The van der Waals surface area contributed by atoms with Gasteiger partial charge in [0, 0.05) is 13.1 Å². The predicted octanol–water partition coefficient (Wildman–Crippen LogP) is 4.57. The van der Waals surface area contributed by atoms with E-state index in [1.165, 1.54) is 29.1 Å². The van der Waals surface area contributed by atoms with Gasteiger partial charge in [-0.05, 0) is 54.8 Å². The highest BCUT2D eigenvalue weighted by atomic mass is 32.2. The van der Waals surface area contributed by atoms with Crippen LogP contribution in [0.5, 0.6) is 0 Å². The zero-order valence-electron chi connectivity index (χ0n) is 20.2. The number of piperidine rings is 1. The Labute approximate surface area is 208 Å². The lowest BCUT2D eigenvalue weighted by atomic mass is 10.1. The van der Waals surface area contributed by atoms with Gasteiger partial charge in [0.1, 0.15) is 0 Å². The van der Waals surface area contributed by atoms with Gasteiger partial charge in [-0.15, -0.1) is 0 Å². The molecule has 3 aromatic rings. The van der Waals surface area contributed by atoms with Crippen LogP contribution >= 0.6 is 0 Å². The fourth-order valence-corrected chi connectivity index (χ4v) is 5.33. The van der Waals surface area contributed by atoms with E-state index in [2.05, 4.69) is 22.3 Å². The lowest BCUT2D eigenvalue weighted by Crippen LogP contribution is -2.32. The van der Waals surface area contributed by atoms with Gasteiger partial charge in [0.15, 0.2) is 0 Å². The summed E-state index contributed by atoms with van der Waals surface area (Å²) in [5, 5.41) is 2.96. The highest BCUT2D eigenvalue weighted by Gasteiger charge is 2.23. The molecule has 7 heteroatoms. The predicted molar refractivity (Wildman–Crippen MR) is 141 cm³/mol. The van der Waals surface area contributed by atoms with E-state index in [0.717, 1.165) is 37.0 Å². The first-order chi connectivity index (χ1) is 16.9. The van der Waals surface area contributed by atoms with Crippen molar-refractivity contribution in [2.75, 3.05) is 23.7 Å². The number of anilines is 1.